The first-order valence-corrected chi connectivity index (χ1v) is 8.27. The summed E-state index contributed by atoms with van der Waals surface area (Å²) in [6, 6.07) is 0. The molecule has 0 saturated carbocycles. The number of allylic oxidation sites excluding steroid dienone is 2. The van der Waals surface area contributed by atoms with Gasteiger partial charge in [-0.15, -0.1) is 0 Å². The van der Waals surface area contributed by atoms with E-state index in [1.165, 1.54) is 38.5 Å². The van der Waals surface area contributed by atoms with E-state index in [0.29, 0.717) is 6.42 Å². The maximum atomic E-state index is 10.4. The number of rotatable bonds is 11. The van der Waals surface area contributed by atoms with E-state index in [1.54, 1.807) is 0 Å². The molecule has 0 aromatic rings. The molecule has 0 saturated heterocycles. The zero-order valence-electron chi connectivity index (χ0n) is 10.9. The van der Waals surface area contributed by atoms with E-state index in [1.807, 2.05) is 6.08 Å². The van der Waals surface area contributed by atoms with E-state index in [0.717, 1.165) is 12.8 Å². The van der Waals surface area contributed by atoms with Gasteiger partial charge in [0.05, 0.1) is 5.75 Å². The highest BCUT2D eigenvalue weighted by molar-refractivity contribution is 7.85. The van der Waals surface area contributed by atoms with Crippen LogP contribution in [0, 0.1) is 0 Å². The summed E-state index contributed by atoms with van der Waals surface area (Å²) >= 11 is 0. The molecular formula is C13H26O3S. The first-order valence-electron chi connectivity index (χ1n) is 6.66. The van der Waals surface area contributed by atoms with Crippen LogP contribution in [0.4, 0.5) is 0 Å². The van der Waals surface area contributed by atoms with Gasteiger partial charge in [0.25, 0.3) is 10.1 Å². The average Bonchev–Trinajstić information content (AvgIpc) is 2.24. The van der Waals surface area contributed by atoms with Crippen LogP contribution in [0.15, 0.2) is 12.2 Å². The van der Waals surface area contributed by atoms with Crippen LogP contribution in [0.2, 0.25) is 0 Å². The van der Waals surface area contributed by atoms with Gasteiger partial charge in [0.15, 0.2) is 0 Å². The van der Waals surface area contributed by atoms with Crippen LogP contribution >= 0.6 is 0 Å². The second-order valence-electron chi connectivity index (χ2n) is 4.46. The van der Waals surface area contributed by atoms with Gasteiger partial charge in [0.1, 0.15) is 0 Å². The first-order chi connectivity index (χ1) is 8.06. The summed E-state index contributed by atoms with van der Waals surface area (Å²) in [5.74, 6) is -0.131. The van der Waals surface area contributed by atoms with Gasteiger partial charge in [-0.3, -0.25) is 4.55 Å². The molecule has 1 N–H and O–H groups in total. The molecule has 0 atom stereocenters. The quantitative estimate of drug-likeness (QED) is 0.348. The molecule has 0 radical (unpaired) electrons. The average molecular weight is 262 g/mol. The third-order valence-corrected chi connectivity index (χ3v) is 3.47. The van der Waals surface area contributed by atoms with Crippen molar-refractivity contribution in [1.29, 1.82) is 0 Å². The van der Waals surface area contributed by atoms with Crippen LogP contribution in [0.3, 0.4) is 0 Å². The Labute approximate surface area is 106 Å². The van der Waals surface area contributed by atoms with Gasteiger partial charge in [-0.25, -0.2) is 0 Å². The minimum absolute atomic E-state index is 0.131. The van der Waals surface area contributed by atoms with E-state index in [4.69, 9.17) is 4.55 Å². The lowest BCUT2D eigenvalue weighted by Crippen LogP contribution is -2.02. The summed E-state index contributed by atoms with van der Waals surface area (Å²) in [4.78, 5) is 0. The van der Waals surface area contributed by atoms with Gasteiger partial charge in [0, 0.05) is 0 Å². The molecule has 0 aliphatic carbocycles. The van der Waals surface area contributed by atoms with Crippen LogP contribution in [-0.2, 0) is 10.1 Å². The molecule has 0 fully saturated rings. The van der Waals surface area contributed by atoms with Crippen molar-refractivity contribution in [2.45, 2.75) is 64.7 Å². The van der Waals surface area contributed by atoms with Gasteiger partial charge in [-0.2, -0.15) is 8.42 Å². The predicted octanol–water partition coefficient (Wildman–Crippen LogP) is 3.96. The molecule has 0 heterocycles. The fraction of sp³-hybridized carbons (Fsp3) is 0.846. The third-order valence-electron chi connectivity index (χ3n) is 2.66. The van der Waals surface area contributed by atoms with Gasteiger partial charge in [-0.05, 0) is 25.7 Å². The van der Waals surface area contributed by atoms with E-state index < -0.39 is 10.1 Å². The molecule has 0 spiro atoms. The van der Waals surface area contributed by atoms with E-state index in [-0.39, 0.29) is 5.75 Å². The zero-order chi connectivity index (χ0) is 13.0. The second kappa shape index (κ2) is 10.8. The summed E-state index contributed by atoms with van der Waals surface area (Å²) in [6.07, 6.45) is 14.2. The smallest absolute Gasteiger partial charge is 0.264 e. The molecule has 0 aliphatic heterocycles. The summed E-state index contributed by atoms with van der Waals surface area (Å²) in [6.45, 7) is 2.22. The maximum absolute atomic E-state index is 10.4. The highest BCUT2D eigenvalue weighted by Crippen LogP contribution is 2.07. The Morgan fingerprint density at radius 1 is 0.882 bits per heavy atom. The number of hydrogen-bond acceptors (Lipinski definition) is 2. The largest absolute Gasteiger partial charge is 0.286 e. The summed E-state index contributed by atoms with van der Waals surface area (Å²) < 4.78 is 29.4. The lowest BCUT2D eigenvalue weighted by atomic mass is 10.1. The van der Waals surface area contributed by atoms with Crippen LogP contribution in [0.25, 0.3) is 0 Å². The summed E-state index contributed by atoms with van der Waals surface area (Å²) in [5.41, 5.74) is 0. The molecule has 0 amide bonds. The Bertz CT molecular complexity index is 281. The van der Waals surface area contributed by atoms with Crippen molar-refractivity contribution in [2.75, 3.05) is 5.75 Å². The third kappa shape index (κ3) is 15.6. The normalized spacial score (nSPS) is 12.4. The Hall–Kier alpha value is -0.350. The minimum atomic E-state index is -3.77. The molecular weight excluding hydrogens is 236 g/mol. The molecule has 0 aromatic carbocycles. The van der Waals surface area contributed by atoms with Crippen LogP contribution in [0.1, 0.15) is 64.7 Å². The fourth-order valence-electron chi connectivity index (χ4n) is 1.66. The van der Waals surface area contributed by atoms with E-state index in [9.17, 15) is 8.42 Å². The second-order valence-corrected chi connectivity index (χ2v) is 6.03. The zero-order valence-corrected chi connectivity index (χ0v) is 11.7. The number of unbranched alkanes of at least 4 members (excludes halogenated alkanes) is 7. The van der Waals surface area contributed by atoms with Gasteiger partial charge < -0.3 is 0 Å². The maximum Gasteiger partial charge on any atom is 0.264 e. The number of hydrogen-bond donors (Lipinski definition) is 1. The van der Waals surface area contributed by atoms with Crippen molar-refractivity contribution in [1.82, 2.24) is 0 Å². The molecule has 0 aliphatic rings. The predicted molar refractivity (Wildman–Crippen MR) is 72.8 cm³/mol. The Morgan fingerprint density at radius 3 is 2.00 bits per heavy atom. The van der Waals surface area contributed by atoms with Gasteiger partial charge in [0.2, 0.25) is 0 Å². The van der Waals surface area contributed by atoms with Gasteiger partial charge in [-0.1, -0.05) is 51.2 Å². The lowest BCUT2D eigenvalue weighted by molar-refractivity contribution is 0.481. The van der Waals surface area contributed by atoms with Crippen molar-refractivity contribution in [2.24, 2.45) is 0 Å². The van der Waals surface area contributed by atoms with Crippen molar-refractivity contribution < 1.29 is 13.0 Å². The summed E-state index contributed by atoms with van der Waals surface area (Å²) in [5, 5.41) is 0. The highest BCUT2D eigenvalue weighted by Gasteiger charge is 2.01. The topological polar surface area (TPSA) is 54.4 Å². The first kappa shape index (κ1) is 16.6. The van der Waals surface area contributed by atoms with Crippen molar-refractivity contribution in [3.8, 4) is 0 Å². The summed E-state index contributed by atoms with van der Waals surface area (Å²) in [7, 11) is -3.77. The molecule has 3 nitrogen and oxygen atoms in total. The molecule has 0 bridgehead atoms. The standard InChI is InChI=1S/C13H26O3S/c1-2-3-4-5-6-7-8-9-10-11-12-13-17(14,15)16/h9-10H,2-8,11-13H2,1H3,(H,14,15,16). The van der Waals surface area contributed by atoms with Crippen molar-refractivity contribution in [3.63, 3.8) is 0 Å². The van der Waals surface area contributed by atoms with Crippen LogP contribution in [0.5, 0.6) is 0 Å². The Kier molecular flexibility index (Phi) is 10.6. The molecule has 0 unspecified atom stereocenters. The molecule has 17 heavy (non-hydrogen) atoms. The molecule has 4 heteroatoms. The van der Waals surface area contributed by atoms with Crippen LogP contribution in [-0.4, -0.2) is 18.7 Å². The minimum Gasteiger partial charge on any atom is -0.286 e. The van der Waals surface area contributed by atoms with Gasteiger partial charge >= 0.3 is 0 Å². The molecule has 0 rings (SSSR count). The highest BCUT2D eigenvalue weighted by atomic mass is 32.2. The van der Waals surface area contributed by atoms with E-state index in [2.05, 4.69) is 13.0 Å². The Balaban J connectivity index is 3.20. The van der Waals surface area contributed by atoms with Crippen LogP contribution < -0.4 is 0 Å². The van der Waals surface area contributed by atoms with Crippen molar-refractivity contribution >= 4 is 10.1 Å². The lowest BCUT2D eigenvalue weighted by Gasteiger charge is -1.97. The molecule has 102 valence electrons. The molecule has 0 aromatic heterocycles. The monoisotopic (exact) mass is 262 g/mol. The van der Waals surface area contributed by atoms with E-state index >= 15 is 0 Å². The fourth-order valence-corrected chi connectivity index (χ4v) is 2.19. The van der Waals surface area contributed by atoms with Crippen molar-refractivity contribution in [3.05, 3.63) is 12.2 Å². The SMILES string of the molecule is CCCCCCCCC=CCCCS(=O)(=O)O. The Morgan fingerprint density at radius 2 is 1.41 bits per heavy atom.